The quantitative estimate of drug-likeness (QED) is 0.455. The molecule has 0 aliphatic heterocycles. The molecule has 6 heteroatoms. The number of nitro groups is 1. The third-order valence-electron chi connectivity index (χ3n) is 1.40. The Labute approximate surface area is 81.0 Å². The average Bonchev–Trinajstić information content (AvgIpc) is 2.06. The van der Waals surface area contributed by atoms with Crippen LogP contribution in [0.2, 0.25) is 0 Å². The van der Waals surface area contributed by atoms with Crippen LogP contribution in [0.4, 0.5) is 5.69 Å². The van der Waals surface area contributed by atoms with E-state index in [-0.39, 0.29) is 24.7 Å². The summed E-state index contributed by atoms with van der Waals surface area (Å²) in [6.07, 6.45) is 0. The smallest absolute Gasteiger partial charge is 0.269 e. The number of nitrogens with two attached hydrogens (primary N) is 1. The SMILES string of the molecule is NOCc1ccc([N+](=O)[O-])cc1.[Cl-]. The summed E-state index contributed by atoms with van der Waals surface area (Å²) in [7, 11) is 0. The van der Waals surface area contributed by atoms with Crippen molar-refractivity contribution in [2.45, 2.75) is 6.61 Å². The summed E-state index contributed by atoms with van der Waals surface area (Å²) >= 11 is 0. The topological polar surface area (TPSA) is 78.4 Å². The Hall–Kier alpha value is -1.17. The summed E-state index contributed by atoms with van der Waals surface area (Å²) in [6, 6.07) is 6.03. The molecule has 0 heterocycles. The maximum absolute atomic E-state index is 10.2. The molecule has 0 amide bonds. The maximum Gasteiger partial charge on any atom is 0.269 e. The van der Waals surface area contributed by atoms with Crippen molar-refractivity contribution in [3.05, 3.63) is 39.9 Å². The summed E-state index contributed by atoms with van der Waals surface area (Å²) in [5.41, 5.74) is 0.874. The Morgan fingerprint density at radius 2 is 1.92 bits per heavy atom. The predicted molar refractivity (Wildman–Crippen MR) is 42.1 cm³/mol. The van der Waals surface area contributed by atoms with Gasteiger partial charge in [-0.05, 0) is 17.7 Å². The second kappa shape index (κ2) is 5.47. The van der Waals surface area contributed by atoms with Gasteiger partial charge in [-0.2, -0.15) is 0 Å². The van der Waals surface area contributed by atoms with Crippen molar-refractivity contribution in [2.75, 3.05) is 0 Å². The van der Waals surface area contributed by atoms with Crippen LogP contribution in [0.3, 0.4) is 0 Å². The normalized spacial score (nSPS) is 9.00. The van der Waals surface area contributed by atoms with E-state index in [1.165, 1.54) is 12.1 Å². The molecule has 1 aromatic carbocycles. The van der Waals surface area contributed by atoms with Crippen LogP contribution in [0, 0.1) is 10.1 Å². The van der Waals surface area contributed by atoms with Crippen molar-refractivity contribution in [3.63, 3.8) is 0 Å². The standard InChI is InChI=1S/C7H8N2O3.ClH/c8-12-5-6-1-3-7(4-2-6)9(10)11;/h1-4H,5,8H2;1H/p-1. The molecule has 0 aliphatic carbocycles. The molecule has 0 radical (unpaired) electrons. The highest BCUT2D eigenvalue weighted by Gasteiger charge is 2.02. The van der Waals surface area contributed by atoms with Crippen LogP contribution in [0.25, 0.3) is 0 Å². The fourth-order valence-corrected chi connectivity index (χ4v) is 0.810. The van der Waals surface area contributed by atoms with Gasteiger partial charge in [0.15, 0.2) is 0 Å². The average molecular weight is 204 g/mol. The minimum absolute atomic E-state index is 0. The molecule has 72 valence electrons. The molecule has 0 fully saturated rings. The van der Waals surface area contributed by atoms with E-state index in [4.69, 9.17) is 5.90 Å². The molecule has 5 nitrogen and oxygen atoms in total. The van der Waals surface area contributed by atoms with Crippen molar-refractivity contribution in [3.8, 4) is 0 Å². The lowest BCUT2D eigenvalue weighted by Crippen LogP contribution is -3.00. The maximum atomic E-state index is 10.2. The summed E-state index contributed by atoms with van der Waals surface area (Å²) in [5.74, 6) is 4.82. The van der Waals surface area contributed by atoms with Crippen LogP contribution in [0.5, 0.6) is 0 Å². The zero-order chi connectivity index (χ0) is 8.97. The van der Waals surface area contributed by atoms with Crippen LogP contribution in [0.1, 0.15) is 5.56 Å². The van der Waals surface area contributed by atoms with E-state index in [9.17, 15) is 10.1 Å². The van der Waals surface area contributed by atoms with Gasteiger partial charge in [-0.25, -0.2) is 5.90 Å². The lowest BCUT2D eigenvalue weighted by Gasteiger charge is -1.96. The second-order valence-electron chi connectivity index (χ2n) is 2.23. The Morgan fingerprint density at radius 1 is 1.38 bits per heavy atom. The summed E-state index contributed by atoms with van der Waals surface area (Å²) < 4.78 is 0. The number of nitro benzene ring substituents is 1. The Balaban J connectivity index is 0.00000144. The zero-order valence-electron chi connectivity index (χ0n) is 6.64. The van der Waals surface area contributed by atoms with E-state index < -0.39 is 4.92 Å². The lowest BCUT2D eigenvalue weighted by molar-refractivity contribution is -0.384. The summed E-state index contributed by atoms with van der Waals surface area (Å²) in [4.78, 5) is 14.1. The molecule has 1 rings (SSSR count). The lowest BCUT2D eigenvalue weighted by atomic mass is 10.2. The van der Waals surface area contributed by atoms with Crippen molar-refractivity contribution >= 4 is 5.69 Å². The van der Waals surface area contributed by atoms with Crippen LogP contribution >= 0.6 is 0 Å². The number of hydrogen-bond acceptors (Lipinski definition) is 4. The van der Waals surface area contributed by atoms with Gasteiger partial charge < -0.3 is 12.4 Å². The molecule has 0 unspecified atom stereocenters. The molecule has 0 atom stereocenters. The van der Waals surface area contributed by atoms with Crippen LogP contribution in [0.15, 0.2) is 24.3 Å². The van der Waals surface area contributed by atoms with Gasteiger partial charge in [-0.3, -0.25) is 15.0 Å². The van der Waals surface area contributed by atoms with Gasteiger partial charge in [-0.15, -0.1) is 0 Å². The van der Waals surface area contributed by atoms with E-state index in [1.54, 1.807) is 12.1 Å². The molecule has 0 saturated heterocycles. The zero-order valence-corrected chi connectivity index (χ0v) is 7.40. The van der Waals surface area contributed by atoms with Gasteiger partial charge in [0.25, 0.3) is 5.69 Å². The number of non-ortho nitro benzene ring substituents is 1. The molecule has 13 heavy (non-hydrogen) atoms. The van der Waals surface area contributed by atoms with E-state index in [0.29, 0.717) is 0 Å². The molecule has 0 saturated carbocycles. The van der Waals surface area contributed by atoms with E-state index in [2.05, 4.69) is 4.84 Å². The van der Waals surface area contributed by atoms with Crippen molar-refractivity contribution in [1.29, 1.82) is 0 Å². The van der Waals surface area contributed by atoms with Gasteiger partial charge in [-0.1, -0.05) is 0 Å². The molecule has 2 N–H and O–H groups in total. The minimum atomic E-state index is -0.451. The third kappa shape index (κ3) is 3.37. The number of benzene rings is 1. The van der Waals surface area contributed by atoms with Crippen LogP contribution < -0.4 is 18.3 Å². The fraction of sp³-hybridized carbons (Fsp3) is 0.143. The van der Waals surface area contributed by atoms with Crippen molar-refractivity contribution in [1.82, 2.24) is 0 Å². The molecular weight excluding hydrogens is 196 g/mol. The van der Waals surface area contributed by atoms with Crippen molar-refractivity contribution in [2.24, 2.45) is 5.90 Å². The Bertz CT molecular complexity index is 276. The monoisotopic (exact) mass is 203 g/mol. The first kappa shape index (κ1) is 11.8. The molecule has 0 aliphatic rings. The number of hydrogen-bond donors (Lipinski definition) is 1. The number of rotatable bonds is 3. The summed E-state index contributed by atoms with van der Waals surface area (Å²) in [5, 5.41) is 10.2. The summed E-state index contributed by atoms with van der Waals surface area (Å²) in [6.45, 7) is 0.262. The second-order valence-corrected chi connectivity index (χ2v) is 2.23. The molecule has 0 aromatic heterocycles. The van der Waals surface area contributed by atoms with Gasteiger partial charge in [0.2, 0.25) is 0 Å². The van der Waals surface area contributed by atoms with Gasteiger partial charge >= 0.3 is 0 Å². The first-order valence-corrected chi connectivity index (χ1v) is 3.29. The van der Waals surface area contributed by atoms with E-state index in [1.807, 2.05) is 0 Å². The highest BCUT2D eigenvalue weighted by atomic mass is 35.5. The Morgan fingerprint density at radius 3 is 2.31 bits per heavy atom. The molecule has 1 aromatic rings. The molecule has 0 bridgehead atoms. The molecular formula is C7H8ClN2O3-. The van der Waals surface area contributed by atoms with Crippen LogP contribution in [-0.4, -0.2) is 4.92 Å². The minimum Gasteiger partial charge on any atom is -1.00 e. The fourth-order valence-electron chi connectivity index (χ4n) is 0.810. The number of halogens is 1. The van der Waals surface area contributed by atoms with Crippen LogP contribution in [-0.2, 0) is 11.4 Å². The highest BCUT2D eigenvalue weighted by molar-refractivity contribution is 5.32. The van der Waals surface area contributed by atoms with E-state index >= 15 is 0 Å². The van der Waals surface area contributed by atoms with Gasteiger partial charge in [0.05, 0.1) is 11.5 Å². The highest BCUT2D eigenvalue weighted by Crippen LogP contribution is 2.11. The Kier molecular flexibility index (Phi) is 4.98. The predicted octanol–water partition coefficient (Wildman–Crippen LogP) is -2.01. The largest absolute Gasteiger partial charge is 1.00 e. The van der Waals surface area contributed by atoms with Crippen molar-refractivity contribution < 1.29 is 22.2 Å². The molecule has 0 spiro atoms. The van der Waals surface area contributed by atoms with E-state index in [0.717, 1.165) is 5.56 Å². The third-order valence-corrected chi connectivity index (χ3v) is 1.40. The van der Waals surface area contributed by atoms with Gasteiger partial charge in [0, 0.05) is 12.1 Å². The van der Waals surface area contributed by atoms with Gasteiger partial charge in [0.1, 0.15) is 0 Å². The first-order valence-electron chi connectivity index (χ1n) is 3.29. The first-order chi connectivity index (χ1) is 5.74. The number of nitrogens with zero attached hydrogens (tertiary/aromatic N) is 1.